The molecular formula is C17H18BrNO2S. The second-order valence-electron chi connectivity index (χ2n) is 5.59. The van der Waals surface area contributed by atoms with Gasteiger partial charge in [-0.3, -0.25) is 0 Å². The number of nitrogens with zero attached hydrogens (tertiary/aromatic N) is 1. The van der Waals surface area contributed by atoms with Crippen molar-refractivity contribution in [1.29, 1.82) is 0 Å². The van der Waals surface area contributed by atoms with Gasteiger partial charge in [-0.15, -0.1) is 0 Å². The molecule has 5 heteroatoms. The maximum absolute atomic E-state index is 13.0. The van der Waals surface area contributed by atoms with Gasteiger partial charge in [0.1, 0.15) is 0 Å². The summed E-state index contributed by atoms with van der Waals surface area (Å²) in [5.41, 5.74) is 1.84. The van der Waals surface area contributed by atoms with E-state index in [1.165, 1.54) is 0 Å². The number of hydrogen-bond acceptors (Lipinski definition) is 2. The van der Waals surface area contributed by atoms with Crippen LogP contribution in [0.25, 0.3) is 0 Å². The molecular weight excluding hydrogens is 362 g/mol. The minimum absolute atomic E-state index is 0.0814. The molecule has 1 heterocycles. The van der Waals surface area contributed by atoms with E-state index < -0.39 is 10.0 Å². The maximum Gasteiger partial charge on any atom is 0.243 e. The zero-order valence-electron chi connectivity index (χ0n) is 12.4. The molecule has 1 aliphatic heterocycles. The molecule has 116 valence electrons. The van der Waals surface area contributed by atoms with Gasteiger partial charge in [0.2, 0.25) is 10.0 Å². The molecule has 0 amide bonds. The number of benzene rings is 2. The Morgan fingerprint density at radius 3 is 2.64 bits per heavy atom. The summed E-state index contributed by atoms with van der Waals surface area (Å²) in [6.07, 6.45) is 1.75. The Morgan fingerprint density at radius 2 is 1.91 bits per heavy atom. The summed E-state index contributed by atoms with van der Waals surface area (Å²) in [7, 11) is -3.46. The molecule has 1 aliphatic rings. The predicted molar refractivity (Wildman–Crippen MR) is 91.2 cm³/mol. The second-order valence-corrected chi connectivity index (χ2v) is 8.37. The number of rotatable bonds is 3. The Balaban J connectivity index is 2.01. The van der Waals surface area contributed by atoms with Crippen LogP contribution in [0, 0.1) is 6.92 Å². The van der Waals surface area contributed by atoms with Gasteiger partial charge in [0.25, 0.3) is 0 Å². The predicted octanol–water partition coefficient (Wildman–Crippen LogP) is 4.28. The summed E-state index contributed by atoms with van der Waals surface area (Å²) in [6, 6.07) is 15.0. The third kappa shape index (κ3) is 2.85. The molecule has 1 unspecified atom stereocenters. The van der Waals surface area contributed by atoms with E-state index in [1.54, 1.807) is 16.4 Å². The van der Waals surface area contributed by atoms with Crippen LogP contribution in [0.4, 0.5) is 0 Å². The first-order valence-corrected chi connectivity index (χ1v) is 9.56. The van der Waals surface area contributed by atoms with Gasteiger partial charge in [0.15, 0.2) is 0 Å². The number of aryl methyl sites for hydroxylation is 1. The van der Waals surface area contributed by atoms with Crippen LogP contribution in [0.1, 0.15) is 30.0 Å². The fourth-order valence-electron chi connectivity index (χ4n) is 3.05. The Morgan fingerprint density at radius 1 is 1.14 bits per heavy atom. The molecule has 22 heavy (non-hydrogen) atoms. The minimum atomic E-state index is -3.46. The van der Waals surface area contributed by atoms with Crippen LogP contribution in [-0.2, 0) is 10.0 Å². The molecule has 0 aliphatic carbocycles. The number of halogens is 1. The van der Waals surface area contributed by atoms with Crippen LogP contribution in [0.3, 0.4) is 0 Å². The monoisotopic (exact) mass is 379 g/mol. The first kappa shape index (κ1) is 15.7. The van der Waals surface area contributed by atoms with Gasteiger partial charge in [-0.2, -0.15) is 4.31 Å². The van der Waals surface area contributed by atoms with Crippen molar-refractivity contribution in [2.75, 3.05) is 6.54 Å². The third-order valence-corrected chi connectivity index (χ3v) is 6.68. The van der Waals surface area contributed by atoms with E-state index in [0.717, 1.165) is 28.4 Å². The molecule has 0 N–H and O–H groups in total. The van der Waals surface area contributed by atoms with E-state index in [2.05, 4.69) is 15.9 Å². The molecule has 1 fully saturated rings. The molecule has 0 saturated carbocycles. The Bertz CT molecular complexity index is 789. The van der Waals surface area contributed by atoms with Gasteiger partial charge >= 0.3 is 0 Å². The maximum atomic E-state index is 13.0. The Labute approximate surface area is 140 Å². The lowest BCUT2D eigenvalue weighted by Crippen LogP contribution is -2.31. The average Bonchev–Trinajstić information content (AvgIpc) is 2.98. The topological polar surface area (TPSA) is 37.4 Å². The molecule has 0 aromatic heterocycles. The van der Waals surface area contributed by atoms with Gasteiger partial charge in [0.05, 0.1) is 10.9 Å². The van der Waals surface area contributed by atoms with Gasteiger partial charge < -0.3 is 0 Å². The highest BCUT2D eigenvalue weighted by molar-refractivity contribution is 9.10. The average molecular weight is 380 g/mol. The van der Waals surface area contributed by atoms with E-state index in [1.807, 2.05) is 43.3 Å². The van der Waals surface area contributed by atoms with Crippen LogP contribution in [0.2, 0.25) is 0 Å². The van der Waals surface area contributed by atoms with E-state index >= 15 is 0 Å². The van der Waals surface area contributed by atoms with Crippen LogP contribution in [0.15, 0.2) is 57.9 Å². The van der Waals surface area contributed by atoms with Crippen molar-refractivity contribution < 1.29 is 8.42 Å². The number of hydrogen-bond donors (Lipinski definition) is 0. The largest absolute Gasteiger partial charge is 0.243 e. The first-order valence-electron chi connectivity index (χ1n) is 7.33. The Hall–Kier alpha value is -1.17. The lowest BCUT2D eigenvalue weighted by Gasteiger charge is -2.25. The SMILES string of the molecule is Cc1ccccc1S(=O)(=O)N1CCCC1c1cccc(Br)c1. The second kappa shape index (κ2) is 6.14. The fourth-order valence-corrected chi connectivity index (χ4v) is 5.37. The summed E-state index contributed by atoms with van der Waals surface area (Å²) < 4.78 is 28.7. The van der Waals surface area contributed by atoms with Gasteiger partial charge in [-0.1, -0.05) is 46.3 Å². The fraction of sp³-hybridized carbons (Fsp3) is 0.294. The highest BCUT2D eigenvalue weighted by Crippen LogP contribution is 2.37. The molecule has 0 spiro atoms. The van der Waals surface area contributed by atoms with Crippen LogP contribution in [-0.4, -0.2) is 19.3 Å². The van der Waals surface area contributed by atoms with Crippen molar-refractivity contribution in [3.05, 3.63) is 64.1 Å². The highest BCUT2D eigenvalue weighted by Gasteiger charge is 2.36. The molecule has 0 bridgehead atoms. The molecule has 1 saturated heterocycles. The quantitative estimate of drug-likeness (QED) is 0.797. The summed E-state index contributed by atoms with van der Waals surface area (Å²) in [5, 5.41) is 0. The van der Waals surface area contributed by atoms with Gasteiger partial charge in [-0.05, 0) is 49.1 Å². The highest BCUT2D eigenvalue weighted by atomic mass is 79.9. The summed E-state index contributed by atoms with van der Waals surface area (Å²) in [5.74, 6) is 0. The van der Waals surface area contributed by atoms with E-state index in [-0.39, 0.29) is 6.04 Å². The lowest BCUT2D eigenvalue weighted by atomic mass is 10.1. The van der Waals surface area contributed by atoms with Crippen molar-refractivity contribution in [3.8, 4) is 0 Å². The molecule has 2 aromatic rings. The molecule has 3 rings (SSSR count). The van der Waals surface area contributed by atoms with Gasteiger partial charge in [0, 0.05) is 11.0 Å². The van der Waals surface area contributed by atoms with Gasteiger partial charge in [-0.25, -0.2) is 8.42 Å². The minimum Gasteiger partial charge on any atom is -0.207 e. The van der Waals surface area contributed by atoms with Crippen LogP contribution in [0.5, 0.6) is 0 Å². The standard InChI is InChI=1S/C17H18BrNO2S/c1-13-6-2-3-10-17(13)22(20,21)19-11-5-9-16(19)14-7-4-8-15(18)12-14/h2-4,6-8,10,12,16H,5,9,11H2,1H3. The lowest BCUT2D eigenvalue weighted by molar-refractivity contribution is 0.396. The third-order valence-electron chi connectivity index (χ3n) is 4.12. The smallest absolute Gasteiger partial charge is 0.207 e. The Kier molecular flexibility index (Phi) is 4.39. The van der Waals surface area contributed by atoms with E-state index in [0.29, 0.717) is 11.4 Å². The van der Waals surface area contributed by atoms with Crippen LogP contribution >= 0.6 is 15.9 Å². The zero-order chi connectivity index (χ0) is 15.7. The zero-order valence-corrected chi connectivity index (χ0v) is 14.8. The molecule has 0 radical (unpaired) electrons. The van der Waals surface area contributed by atoms with Crippen molar-refractivity contribution in [3.63, 3.8) is 0 Å². The van der Waals surface area contributed by atoms with Crippen molar-refractivity contribution in [2.24, 2.45) is 0 Å². The summed E-state index contributed by atoms with van der Waals surface area (Å²) in [4.78, 5) is 0.414. The van der Waals surface area contributed by atoms with Crippen molar-refractivity contribution >= 4 is 26.0 Å². The van der Waals surface area contributed by atoms with E-state index in [9.17, 15) is 8.42 Å². The summed E-state index contributed by atoms with van der Waals surface area (Å²) >= 11 is 3.47. The van der Waals surface area contributed by atoms with Crippen molar-refractivity contribution in [1.82, 2.24) is 4.31 Å². The molecule has 1 atom stereocenters. The normalized spacial score (nSPS) is 19.5. The number of sulfonamides is 1. The van der Waals surface area contributed by atoms with E-state index in [4.69, 9.17) is 0 Å². The van der Waals surface area contributed by atoms with Crippen molar-refractivity contribution in [2.45, 2.75) is 30.7 Å². The van der Waals surface area contributed by atoms with Crippen LogP contribution < -0.4 is 0 Å². The first-order chi connectivity index (χ1) is 10.5. The molecule has 3 nitrogen and oxygen atoms in total. The summed E-state index contributed by atoms with van der Waals surface area (Å²) in [6.45, 7) is 2.42. The molecule has 2 aromatic carbocycles.